The number of likely N-dealkylation sites (N-methyl/N-ethyl adjacent to an activating group) is 1. The molecule has 1 aliphatic heterocycles. The second-order valence-corrected chi connectivity index (χ2v) is 11.4. The Kier molecular flexibility index (Phi) is 11.4. The lowest BCUT2D eigenvalue weighted by Crippen LogP contribution is -2.48. The third kappa shape index (κ3) is 8.36. The molecule has 2 N–H and O–H groups in total. The number of rotatable bonds is 6. The van der Waals surface area contributed by atoms with Crippen LogP contribution in [0.15, 0.2) is 22.7 Å². The number of carbonyl (C=O) groups excluding carboxylic acids is 2. The van der Waals surface area contributed by atoms with Crippen LogP contribution in [0.4, 0.5) is 16.2 Å². The first kappa shape index (κ1) is 32.2. The summed E-state index contributed by atoms with van der Waals surface area (Å²) in [5, 5.41) is 16.9. The highest BCUT2D eigenvalue weighted by Gasteiger charge is 2.31. The number of aromatic nitrogens is 1. The number of aryl methyl sites for hydroxylation is 2. The molecule has 0 fully saturated rings. The lowest BCUT2D eigenvalue weighted by atomic mass is 10.0. The molecule has 1 aromatic heterocycles. The molecule has 1 aromatic carbocycles. The van der Waals surface area contributed by atoms with Crippen molar-refractivity contribution in [3.63, 3.8) is 0 Å². The van der Waals surface area contributed by atoms with Crippen molar-refractivity contribution in [2.45, 2.75) is 72.1 Å². The van der Waals surface area contributed by atoms with Gasteiger partial charge in [0.05, 0.1) is 30.4 Å². The number of benzene rings is 1. The molecule has 0 bridgehead atoms. The van der Waals surface area contributed by atoms with Gasteiger partial charge in [-0.2, -0.15) is 0 Å². The van der Waals surface area contributed by atoms with Crippen LogP contribution in [0.25, 0.3) is 0 Å². The predicted molar refractivity (Wildman–Crippen MR) is 159 cm³/mol. The second-order valence-electron chi connectivity index (χ2n) is 11.4. The Morgan fingerprint density at radius 1 is 1.22 bits per heavy atom. The molecule has 0 aliphatic carbocycles. The summed E-state index contributed by atoms with van der Waals surface area (Å²) in [6.45, 7) is 10.3. The van der Waals surface area contributed by atoms with Gasteiger partial charge in [-0.15, -0.1) is 0 Å². The fourth-order valence-electron chi connectivity index (χ4n) is 4.87. The Balaban J connectivity index is 1.89. The number of urea groups is 1. The molecule has 0 spiro atoms. The van der Waals surface area contributed by atoms with E-state index in [0.29, 0.717) is 48.2 Å². The quantitative estimate of drug-likeness (QED) is 0.524. The highest BCUT2D eigenvalue weighted by molar-refractivity contribution is 5.98. The van der Waals surface area contributed by atoms with Gasteiger partial charge in [0.15, 0.2) is 5.76 Å². The van der Waals surface area contributed by atoms with Crippen LogP contribution in [0.3, 0.4) is 0 Å². The van der Waals surface area contributed by atoms with E-state index in [-0.39, 0.29) is 36.7 Å². The Morgan fingerprint density at radius 2 is 1.95 bits per heavy atom. The Morgan fingerprint density at radius 3 is 2.59 bits per heavy atom. The highest BCUT2D eigenvalue weighted by Crippen LogP contribution is 2.29. The molecule has 2 heterocycles. The first-order valence-electron chi connectivity index (χ1n) is 14.4. The minimum Gasteiger partial charge on any atom is -0.490 e. The van der Waals surface area contributed by atoms with Crippen molar-refractivity contribution >= 4 is 23.3 Å². The summed E-state index contributed by atoms with van der Waals surface area (Å²) in [5.41, 5.74) is 2.50. The van der Waals surface area contributed by atoms with Crippen LogP contribution in [0.2, 0.25) is 0 Å². The molecule has 41 heavy (non-hydrogen) atoms. The van der Waals surface area contributed by atoms with Gasteiger partial charge in [-0.05, 0) is 65.2 Å². The van der Waals surface area contributed by atoms with Gasteiger partial charge in [0, 0.05) is 52.4 Å². The molecule has 3 rings (SSSR count). The highest BCUT2D eigenvalue weighted by atomic mass is 16.5. The number of aliphatic hydroxyl groups is 1. The van der Waals surface area contributed by atoms with Crippen molar-refractivity contribution in [2.75, 3.05) is 57.7 Å². The number of anilines is 2. The zero-order valence-electron chi connectivity index (χ0n) is 25.8. The number of nitrogens with one attached hydrogen (secondary N) is 1. The van der Waals surface area contributed by atoms with Crippen LogP contribution in [-0.2, 0) is 4.74 Å². The summed E-state index contributed by atoms with van der Waals surface area (Å²) in [5.74, 6) is 0.710. The van der Waals surface area contributed by atoms with Gasteiger partial charge in [0.2, 0.25) is 0 Å². The first-order valence-corrected chi connectivity index (χ1v) is 14.4. The number of nitrogens with zero attached hydrogens (tertiary/aromatic N) is 4. The number of carbonyl (C=O) groups is 2. The molecular formula is C30H47N5O6. The van der Waals surface area contributed by atoms with Crippen molar-refractivity contribution < 1.29 is 28.7 Å². The van der Waals surface area contributed by atoms with E-state index in [0.717, 1.165) is 24.9 Å². The van der Waals surface area contributed by atoms with Crippen molar-refractivity contribution in [1.29, 1.82) is 0 Å². The Labute approximate surface area is 243 Å². The van der Waals surface area contributed by atoms with Crippen molar-refractivity contribution in [3.8, 4) is 5.75 Å². The van der Waals surface area contributed by atoms with Gasteiger partial charge in [-0.1, -0.05) is 12.1 Å². The zero-order valence-corrected chi connectivity index (χ0v) is 25.8. The molecular weight excluding hydrogens is 526 g/mol. The van der Waals surface area contributed by atoms with E-state index in [1.54, 1.807) is 30.7 Å². The largest absolute Gasteiger partial charge is 0.490 e. The van der Waals surface area contributed by atoms with Gasteiger partial charge in [-0.25, -0.2) is 4.79 Å². The molecule has 3 amide bonds. The van der Waals surface area contributed by atoms with E-state index in [9.17, 15) is 14.7 Å². The average molecular weight is 574 g/mol. The van der Waals surface area contributed by atoms with Gasteiger partial charge in [0.25, 0.3) is 5.91 Å². The fraction of sp³-hybridized carbons (Fsp3) is 0.633. The molecule has 0 radical (unpaired) electrons. The third-order valence-corrected chi connectivity index (χ3v) is 7.62. The van der Waals surface area contributed by atoms with Crippen molar-refractivity contribution in [3.05, 3.63) is 35.2 Å². The summed E-state index contributed by atoms with van der Waals surface area (Å²) in [6, 6.07) is 4.90. The standard InChI is InChI=1S/C30H47N5O6/c1-19-16-35(20(2)18-36)29(37)25-15-24(33(6)7)12-13-26(25)40-21(3)11-9-10-14-39-27(19)17-34(8)30(38)31-28-22(4)32-41-23(28)5/h12-13,15,19-21,27,36H,9-11,14,16-18H2,1-8H3,(H,31,38)/t19-,20-,21-,27+/m1/s1. The van der Waals surface area contributed by atoms with Crippen LogP contribution >= 0.6 is 0 Å². The van der Waals surface area contributed by atoms with E-state index < -0.39 is 6.04 Å². The van der Waals surface area contributed by atoms with Crippen LogP contribution < -0.4 is 15.0 Å². The second kappa shape index (κ2) is 14.5. The average Bonchev–Trinajstić information content (AvgIpc) is 3.25. The maximum Gasteiger partial charge on any atom is 0.321 e. The lowest BCUT2D eigenvalue weighted by molar-refractivity contribution is -0.0115. The Hall–Kier alpha value is -3.31. The number of aliphatic hydroxyl groups excluding tert-OH is 1. The fourth-order valence-corrected chi connectivity index (χ4v) is 4.87. The van der Waals surface area contributed by atoms with Crippen LogP contribution in [0, 0.1) is 19.8 Å². The molecule has 11 heteroatoms. The lowest BCUT2D eigenvalue weighted by Gasteiger charge is -2.36. The monoisotopic (exact) mass is 573 g/mol. The van der Waals surface area contributed by atoms with E-state index in [1.165, 1.54) is 0 Å². The number of hydrogen-bond acceptors (Lipinski definition) is 8. The van der Waals surface area contributed by atoms with E-state index in [1.807, 2.05) is 58.0 Å². The van der Waals surface area contributed by atoms with Crippen LogP contribution in [-0.4, -0.2) is 97.7 Å². The topological polar surface area (TPSA) is 121 Å². The molecule has 228 valence electrons. The van der Waals surface area contributed by atoms with Crippen molar-refractivity contribution in [2.24, 2.45) is 5.92 Å². The van der Waals surface area contributed by atoms with E-state index in [2.05, 4.69) is 10.5 Å². The number of fused-ring (bicyclic) bond motifs is 1. The molecule has 4 atom stereocenters. The first-order chi connectivity index (χ1) is 19.4. The summed E-state index contributed by atoms with van der Waals surface area (Å²) >= 11 is 0. The SMILES string of the molecule is Cc1noc(C)c1NC(=O)N(C)C[C@@H]1OCCCC[C@@H](C)Oc2ccc(N(C)C)cc2C(=O)N([C@H](C)CO)C[C@H]1C. The summed E-state index contributed by atoms with van der Waals surface area (Å²) < 4.78 is 17.8. The normalized spacial score (nSPS) is 21.3. The predicted octanol–water partition coefficient (Wildman–Crippen LogP) is 4.32. The van der Waals surface area contributed by atoms with Crippen molar-refractivity contribution in [1.82, 2.24) is 15.0 Å². The minimum absolute atomic E-state index is 0.0905. The third-order valence-electron chi connectivity index (χ3n) is 7.62. The molecule has 2 aromatic rings. The molecule has 11 nitrogen and oxygen atoms in total. The smallest absolute Gasteiger partial charge is 0.321 e. The number of amides is 3. The summed E-state index contributed by atoms with van der Waals surface area (Å²) in [4.78, 5) is 32.4. The van der Waals surface area contributed by atoms with Crippen LogP contribution in [0.1, 0.15) is 61.8 Å². The molecule has 0 unspecified atom stereocenters. The minimum atomic E-state index is -0.438. The molecule has 0 saturated heterocycles. The Bertz CT molecular complexity index is 1150. The summed E-state index contributed by atoms with van der Waals surface area (Å²) in [7, 11) is 5.57. The molecule has 0 saturated carbocycles. The molecule has 1 aliphatic rings. The zero-order chi connectivity index (χ0) is 30.3. The van der Waals surface area contributed by atoms with Gasteiger partial charge < -0.3 is 39.1 Å². The number of ether oxygens (including phenoxy) is 2. The van der Waals surface area contributed by atoms with E-state index >= 15 is 0 Å². The summed E-state index contributed by atoms with van der Waals surface area (Å²) in [6.07, 6.45) is 2.11. The van der Waals surface area contributed by atoms with Gasteiger partial charge in [-0.3, -0.25) is 4.79 Å². The maximum absolute atomic E-state index is 14.1. The van der Waals surface area contributed by atoms with E-state index in [4.69, 9.17) is 14.0 Å². The number of hydrogen-bond donors (Lipinski definition) is 2. The van der Waals surface area contributed by atoms with Gasteiger partial charge >= 0.3 is 6.03 Å². The maximum atomic E-state index is 14.1. The van der Waals surface area contributed by atoms with Gasteiger partial charge in [0.1, 0.15) is 17.1 Å². The van der Waals surface area contributed by atoms with Crippen LogP contribution in [0.5, 0.6) is 5.75 Å².